The van der Waals surface area contributed by atoms with E-state index in [1.54, 1.807) is 13.0 Å². The molecule has 58 valence electrons. The zero-order valence-electron chi connectivity index (χ0n) is 6.10. The highest BCUT2D eigenvalue weighted by molar-refractivity contribution is 9.09. The third-order valence-electron chi connectivity index (χ3n) is 1.16. The lowest BCUT2D eigenvalue weighted by atomic mass is 10.2. The van der Waals surface area contributed by atoms with E-state index in [1.165, 1.54) is 0 Å². The van der Waals surface area contributed by atoms with Gasteiger partial charge in [-0.15, -0.1) is 0 Å². The molecule has 0 heterocycles. The van der Waals surface area contributed by atoms with Gasteiger partial charge < -0.3 is 5.11 Å². The molecule has 0 aromatic carbocycles. The molecule has 0 bridgehead atoms. The lowest BCUT2D eigenvalue weighted by molar-refractivity contribution is -0.132. The molecule has 0 rings (SSSR count). The highest BCUT2D eigenvalue weighted by Crippen LogP contribution is 2.08. The van der Waals surface area contributed by atoms with E-state index in [0.29, 0.717) is 5.57 Å². The smallest absolute Gasteiger partial charge is 0.330 e. The van der Waals surface area contributed by atoms with Crippen LogP contribution in [0.3, 0.4) is 0 Å². The first-order valence-electron chi connectivity index (χ1n) is 3.13. The predicted octanol–water partition coefficient (Wildman–Crippen LogP) is 2.19. The summed E-state index contributed by atoms with van der Waals surface area (Å²) >= 11 is 3.31. The van der Waals surface area contributed by atoms with Crippen molar-refractivity contribution in [2.75, 3.05) is 0 Å². The van der Waals surface area contributed by atoms with Crippen LogP contribution in [-0.2, 0) is 4.79 Å². The highest BCUT2D eigenvalue weighted by atomic mass is 79.9. The third kappa shape index (κ3) is 3.67. The number of carboxylic acids is 1. The van der Waals surface area contributed by atoms with Crippen LogP contribution in [0, 0.1) is 0 Å². The number of rotatable bonds is 3. The van der Waals surface area contributed by atoms with Gasteiger partial charge in [0.25, 0.3) is 0 Å². The Morgan fingerprint density at radius 3 is 2.60 bits per heavy atom. The van der Waals surface area contributed by atoms with E-state index < -0.39 is 5.97 Å². The van der Waals surface area contributed by atoms with Gasteiger partial charge >= 0.3 is 5.97 Å². The van der Waals surface area contributed by atoms with E-state index >= 15 is 0 Å². The minimum Gasteiger partial charge on any atom is -0.478 e. The van der Waals surface area contributed by atoms with Gasteiger partial charge in [0.1, 0.15) is 0 Å². The molecule has 3 heteroatoms. The van der Waals surface area contributed by atoms with Gasteiger partial charge in [0.05, 0.1) is 0 Å². The second-order valence-corrected chi connectivity index (χ2v) is 3.26. The number of carbonyl (C=O) groups is 1. The average molecular weight is 207 g/mol. The Kier molecular flexibility index (Phi) is 4.36. The first-order chi connectivity index (χ1) is 4.57. The van der Waals surface area contributed by atoms with Crippen LogP contribution >= 0.6 is 15.9 Å². The predicted molar refractivity (Wildman–Crippen MR) is 44.4 cm³/mol. The fraction of sp³-hybridized carbons (Fsp3) is 0.571. The molecule has 1 atom stereocenters. The van der Waals surface area contributed by atoms with E-state index in [0.717, 1.165) is 6.42 Å². The van der Waals surface area contributed by atoms with Crippen molar-refractivity contribution < 1.29 is 9.90 Å². The second-order valence-electron chi connectivity index (χ2n) is 2.08. The average Bonchev–Trinajstić information content (AvgIpc) is 1.87. The van der Waals surface area contributed by atoms with Gasteiger partial charge in [-0.2, -0.15) is 0 Å². The molecule has 0 aliphatic rings. The molecule has 0 saturated heterocycles. The highest BCUT2D eigenvalue weighted by Gasteiger charge is 2.02. The zero-order chi connectivity index (χ0) is 8.15. The van der Waals surface area contributed by atoms with E-state index in [4.69, 9.17) is 5.11 Å². The van der Waals surface area contributed by atoms with Crippen LogP contribution in [0.4, 0.5) is 0 Å². The normalized spacial score (nSPS) is 14.9. The van der Waals surface area contributed by atoms with Crippen LogP contribution in [0.15, 0.2) is 11.6 Å². The Morgan fingerprint density at radius 2 is 2.30 bits per heavy atom. The molecule has 0 spiro atoms. The Morgan fingerprint density at radius 1 is 1.80 bits per heavy atom. The van der Waals surface area contributed by atoms with Gasteiger partial charge in [-0.25, -0.2) is 4.79 Å². The molecule has 0 aromatic rings. The summed E-state index contributed by atoms with van der Waals surface area (Å²) < 4.78 is 0. The number of allylic oxidation sites excluding steroid dienone is 1. The molecule has 0 aromatic heterocycles. The monoisotopic (exact) mass is 206 g/mol. The molecular formula is C7H11BrO2. The maximum atomic E-state index is 10.3. The van der Waals surface area contributed by atoms with Gasteiger partial charge in [0.15, 0.2) is 0 Å². The molecule has 1 N–H and O–H groups in total. The molecule has 0 aliphatic carbocycles. The van der Waals surface area contributed by atoms with Crippen molar-refractivity contribution in [1.82, 2.24) is 0 Å². The second kappa shape index (κ2) is 4.50. The third-order valence-corrected chi connectivity index (χ3v) is 2.07. The van der Waals surface area contributed by atoms with Crippen molar-refractivity contribution in [3.8, 4) is 0 Å². The lowest BCUT2D eigenvalue weighted by Gasteiger charge is -1.98. The SMILES string of the molecule is CCC(Br)/C=C(\C)C(=O)O. The maximum absolute atomic E-state index is 10.3. The molecule has 0 saturated carbocycles. The first-order valence-corrected chi connectivity index (χ1v) is 4.05. The zero-order valence-corrected chi connectivity index (χ0v) is 7.68. The molecular weight excluding hydrogens is 196 g/mol. The summed E-state index contributed by atoms with van der Waals surface area (Å²) in [5.41, 5.74) is 0.392. The molecule has 0 radical (unpaired) electrons. The van der Waals surface area contributed by atoms with Crippen molar-refractivity contribution in [2.45, 2.75) is 25.1 Å². The molecule has 0 aliphatic heterocycles. The maximum Gasteiger partial charge on any atom is 0.330 e. The molecule has 0 fully saturated rings. The van der Waals surface area contributed by atoms with Gasteiger partial charge in [0, 0.05) is 10.4 Å². The number of carboxylic acid groups (broad SMARTS) is 1. The van der Waals surface area contributed by atoms with Crippen LogP contribution in [0.2, 0.25) is 0 Å². The van der Waals surface area contributed by atoms with Crippen LogP contribution in [-0.4, -0.2) is 15.9 Å². The molecule has 10 heavy (non-hydrogen) atoms. The standard InChI is InChI=1S/C7H11BrO2/c1-3-6(8)4-5(2)7(9)10/h4,6H,3H2,1-2H3,(H,9,10)/b5-4+. The van der Waals surface area contributed by atoms with E-state index in [9.17, 15) is 4.79 Å². The van der Waals surface area contributed by atoms with E-state index in [1.807, 2.05) is 6.92 Å². The Labute approximate surface area is 69.1 Å². The van der Waals surface area contributed by atoms with E-state index in [2.05, 4.69) is 15.9 Å². The van der Waals surface area contributed by atoms with Gasteiger partial charge in [-0.3, -0.25) is 0 Å². The van der Waals surface area contributed by atoms with Crippen molar-refractivity contribution in [2.24, 2.45) is 0 Å². The summed E-state index contributed by atoms with van der Waals surface area (Å²) in [6.45, 7) is 3.58. The summed E-state index contributed by atoms with van der Waals surface area (Å²) in [4.78, 5) is 10.4. The van der Waals surface area contributed by atoms with Crippen LogP contribution < -0.4 is 0 Å². The Hall–Kier alpha value is -0.310. The van der Waals surface area contributed by atoms with Crippen molar-refractivity contribution in [1.29, 1.82) is 0 Å². The Bertz CT molecular complexity index is 152. The topological polar surface area (TPSA) is 37.3 Å². The largest absolute Gasteiger partial charge is 0.478 e. The van der Waals surface area contributed by atoms with E-state index in [-0.39, 0.29) is 4.83 Å². The van der Waals surface area contributed by atoms with Crippen molar-refractivity contribution in [3.63, 3.8) is 0 Å². The minimum atomic E-state index is -0.849. The summed E-state index contributed by atoms with van der Waals surface area (Å²) in [7, 11) is 0. The summed E-state index contributed by atoms with van der Waals surface area (Å²) in [5.74, 6) is -0.849. The quantitative estimate of drug-likeness (QED) is 0.568. The summed E-state index contributed by atoms with van der Waals surface area (Å²) in [6.07, 6.45) is 2.60. The van der Waals surface area contributed by atoms with Crippen molar-refractivity contribution >= 4 is 21.9 Å². The summed E-state index contributed by atoms with van der Waals surface area (Å²) in [5, 5.41) is 8.44. The number of halogens is 1. The van der Waals surface area contributed by atoms with Gasteiger partial charge in [0.2, 0.25) is 0 Å². The number of aliphatic carboxylic acids is 1. The van der Waals surface area contributed by atoms with Crippen LogP contribution in [0.1, 0.15) is 20.3 Å². The van der Waals surface area contributed by atoms with Gasteiger partial charge in [-0.1, -0.05) is 28.9 Å². The minimum absolute atomic E-state index is 0.184. The van der Waals surface area contributed by atoms with Crippen molar-refractivity contribution in [3.05, 3.63) is 11.6 Å². The molecule has 0 amide bonds. The fourth-order valence-corrected chi connectivity index (χ4v) is 0.857. The molecule has 2 nitrogen and oxygen atoms in total. The van der Waals surface area contributed by atoms with Gasteiger partial charge in [-0.05, 0) is 13.3 Å². The van der Waals surface area contributed by atoms with Crippen LogP contribution in [0.5, 0.6) is 0 Å². The first kappa shape index (κ1) is 9.69. The number of hydrogen-bond donors (Lipinski definition) is 1. The Balaban J connectivity index is 4.02. The number of hydrogen-bond acceptors (Lipinski definition) is 1. The molecule has 1 unspecified atom stereocenters. The van der Waals surface area contributed by atoms with Crippen LogP contribution in [0.25, 0.3) is 0 Å². The number of alkyl halides is 1. The fourth-order valence-electron chi connectivity index (χ4n) is 0.460. The summed E-state index contributed by atoms with van der Waals surface area (Å²) in [6, 6.07) is 0. The lowest BCUT2D eigenvalue weighted by Crippen LogP contribution is -1.99.